The Balaban J connectivity index is 1.52. The third-order valence-electron chi connectivity index (χ3n) is 4.18. The van der Waals surface area contributed by atoms with Gasteiger partial charge in [0.05, 0.1) is 28.4 Å². The standard InChI is InChI=1S/C19H15N5O4/c1-13-18(19(25)23(21-13)14-5-3-2-4-6-14)9-16-7-8-17(28-16)12-22-11-15(10-20-22)24(26)27/h2-11H,12H2,1H3. The number of furan rings is 1. The molecular weight excluding hydrogens is 362 g/mol. The van der Waals surface area contributed by atoms with E-state index in [1.54, 1.807) is 25.1 Å². The molecule has 0 saturated carbocycles. The van der Waals surface area contributed by atoms with Crippen LogP contribution in [0, 0.1) is 10.1 Å². The minimum atomic E-state index is -0.506. The minimum absolute atomic E-state index is 0.0849. The molecule has 0 saturated heterocycles. The van der Waals surface area contributed by atoms with Crippen molar-refractivity contribution in [3.8, 4) is 0 Å². The topological polar surface area (TPSA) is 107 Å². The molecule has 1 amide bonds. The van der Waals surface area contributed by atoms with Crippen molar-refractivity contribution in [2.75, 3.05) is 5.01 Å². The van der Waals surface area contributed by atoms with E-state index in [0.29, 0.717) is 28.5 Å². The molecule has 1 aliphatic heterocycles. The lowest BCUT2D eigenvalue weighted by Gasteiger charge is -2.10. The highest BCUT2D eigenvalue weighted by Crippen LogP contribution is 2.25. The molecule has 0 aliphatic carbocycles. The summed E-state index contributed by atoms with van der Waals surface area (Å²) in [5.74, 6) is 0.818. The number of amides is 1. The lowest BCUT2D eigenvalue weighted by Crippen LogP contribution is -2.21. The van der Waals surface area contributed by atoms with E-state index in [-0.39, 0.29) is 18.1 Å². The summed E-state index contributed by atoms with van der Waals surface area (Å²) in [6.07, 6.45) is 4.15. The first kappa shape index (κ1) is 17.4. The van der Waals surface area contributed by atoms with Gasteiger partial charge in [-0.2, -0.15) is 15.2 Å². The van der Waals surface area contributed by atoms with Gasteiger partial charge in [0.1, 0.15) is 23.9 Å². The van der Waals surface area contributed by atoms with Crippen LogP contribution in [0.5, 0.6) is 0 Å². The van der Waals surface area contributed by atoms with Crippen LogP contribution in [0.25, 0.3) is 6.08 Å². The molecule has 4 rings (SSSR count). The Labute approximate surface area is 159 Å². The molecule has 0 radical (unpaired) electrons. The molecule has 0 bridgehead atoms. The lowest BCUT2D eigenvalue weighted by molar-refractivity contribution is -0.385. The van der Waals surface area contributed by atoms with Crippen LogP contribution in [0.1, 0.15) is 18.4 Å². The summed E-state index contributed by atoms with van der Waals surface area (Å²) in [6.45, 7) is 2.01. The maximum Gasteiger partial charge on any atom is 0.307 e. The number of para-hydroxylation sites is 1. The van der Waals surface area contributed by atoms with E-state index in [4.69, 9.17) is 4.42 Å². The summed E-state index contributed by atoms with van der Waals surface area (Å²) in [5, 5.41) is 20.3. The van der Waals surface area contributed by atoms with E-state index in [1.165, 1.54) is 22.1 Å². The van der Waals surface area contributed by atoms with Crippen LogP contribution >= 0.6 is 0 Å². The second kappa shape index (κ2) is 6.95. The number of carbonyl (C=O) groups is 1. The van der Waals surface area contributed by atoms with Crippen LogP contribution in [0.15, 0.2) is 69.9 Å². The zero-order valence-electron chi connectivity index (χ0n) is 14.8. The smallest absolute Gasteiger partial charge is 0.307 e. The SMILES string of the molecule is CC1=NN(c2ccccc2)C(=O)C1=Cc1ccc(Cn2cc([N+](=O)[O-])cn2)o1. The molecule has 28 heavy (non-hydrogen) atoms. The highest BCUT2D eigenvalue weighted by molar-refractivity contribution is 6.32. The Morgan fingerprint density at radius 2 is 2.00 bits per heavy atom. The number of nitro groups is 1. The molecule has 0 fully saturated rings. The highest BCUT2D eigenvalue weighted by atomic mass is 16.6. The largest absolute Gasteiger partial charge is 0.460 e. The van der Waals surface area contributed by atoms with Crippen LogP contribution in [-0.2, 0) is 11.3 Å². The molecule has 1 aromatic carbocycles. The first-order valence-electron chi connectivity index (χ1n) is 8.43. The fourth-order valence-electron chi connectivity index (χ4n) is 2.82. The average molecular weight is 377 g/mol. The molecule has 0 unspecified atom stereocenters. The Kier molecular flexibility index (Phi) is 4.32. The number of hydrogen-bond donors (Lipinski definition) is 0. The molecule has 1 aliphatic rings. The number of anilines is 1. The first-order valence-corrected chi connectivity index (χ1v) is 8.43. The first-order chi connectivity index (χ1) is 13.5. The maximum absolute atomic E-state index is 12.7. The maximum atomic E-state index is 12.7. The molecule has 0 spiro atoms. The predicted molar refractivity (Wildman–Crippen MR) is 102 cm³/mol. The van der Waals surface area contributed by atoms with Gasteiger partial charge in [-0.05, 0) is 37.3 Å². The third-order valence-corrected chi connectivity index (χ3v) is 4.18. The number of rotatable bonds is 5. The van der Waals surface area contributed by atoms with Gasteiger partial charge in [0.2, 0.25) is 0 Å². The minimum Gasteiger partial charge on any atom is -0.460 e. The van der Waals surface area contributed by atoms with Crippen LogP contribution in [0.4, 0.5) is 11.4 Å². The molecular formula is C19H15N5O4. The van der Waals surface area contributed by atoms with Gasteiger partial charge in [0, 0.05) is 0 Å². The van der Waals surface area contributed by atoms with Gasteiger partial charge >= 0.3 is 5.69 Å². The van der Waals surface area contributed by atoms with Gasteiger partial charge in [0.15, 0.2) is 0 Å². The fraction of sp³-hybridized carbons (Fsp3) is 0.105. The van der Waals surface area contributed by atoms with Crippen LogP contribution in [-0.4, -0.2) is 26.3 Å². The molecule has 3 aromatic rings. The van der Waals surface area contributed by atoms with E-state index >= 15 is 0 Å². The molecule has 9 nitrogen and oxygen atoms in total. The van der Waals surface area contributed by atoms with Crippen LogP contribution < -0.4 is 5.01 Å². The summed E-state index contributed by atoms with van der Waals surface area (Å²) < 4.78 is 7.14. The van der Waals surface area contributed by atoms with E-state index in [0.717, 1.165) is 0 Å². The van der Waals surface area contributed by atoms with Crippen molar-refractivity contribution in [2.45, 2.75) is 13.5 Å². The number of hydrazone groups is 1. The fourth-order valence-corrected chi connectivity index (χ4v) is 2.82. The average Bonchev–Trinajstić information content (AvgIpc) is 3.39. The number of benzene rings is 1. The predicted octanol–water partition coefficient (Wildman–Crippen LogP) is 3.24. The number of carbonyl (C=O) groups excluding carboxylic acids is 1. The number of nitrogens with zero attached hydrogens (tertiary/aromatic N) is 5. The van der Waals surface area contributed by atoms with E-state index in [1.807, 2.05) is 30.3 Å². The van der Waals surface area contributed by atoms with Crippen LogP contribution in [0.3, 0.4) is 0 Å². The molecule has 2 aromatic heterocycles. The van der Waals surface area contributed by atoms with Crippen molar-refractivity contribution in [3.05, 3.63) is 82.1 Å². The monoisotopic (exact) mass is 377 g/mol. The second-order valence-electron chi connectivity index (χ2n) is 6.15. The third kappa shape index (κ3) is 3.32. The van der Waals surface area contributed by atoms with Crippen molar-refractivity contribution in [3.63, 3.8) is 0 Å². The quantitative estimate of drug-likeness (QED) is 0.385. The normalized spacial score (nSPS) is 15.3. The van der Waals surface area contributed by atoms with Gasteiger partial charge in [-0.1, -0.05) is 18.2 Å². The van der Waals surface area contributed by atoms with Gasteiger partial charge < -0.3 is 4.42 Å². The Bertz CT molecular complexity index is 1110. The van der Waals surface area contributed by atoms with Crippen molar-refractivity contribution in [1.29, 1.82) is 0 Å². The Morgan fingerprint density at radius 1 is 1.21 bits per heavy atom. The van der Waals surface area contributed by atoms with Crippen molar-refractivity contribution in [1.82, 2.24) is 9.78 Å². The van der Waals surface area contributed by atoms with E-state index < -0.39 is 4.92 Å². The van der Waals surface area contributed by atoms with Gasteiger partial charge in [-0.25, -0.2) is 0 Å². The number of aromatic nitrogens is 2. The van der Waals surface area contributed by atoms with Crippen molar-refractivity contribution >= 4 is 29.1 Å². The lowest BCUT2D eigenvalue weighted by atomic mass is 10.1. The second-order valence-corrected chi connectivity index (χ2v) is 6.15. The van der Waals surface area contributed by atoms with Gasteiger partial charge in [0.25, 0.3) is 5.91 Å². The Hall–Kier alpha value is -4.01. The van der Waals surface area contributed by atoms with E-state index in [9.17, 15) is 14.9 Å². The molecule has 3 heterocycles. The summed E-state index contributed by atoms with van der Waals surface area (Å²) in [5.41, 5.74) is 1.64. The Morgan fingerprint density at radius 3 is 2.71 bits per heavy atom. The van der Waals surface area contributed by atoms with Gasteiger partial charge in [-0.15, -0.1) is 0 Å². The zero-order chi connectivity index (χ0) is 19.7. The van der Waals surface area contributed by atoms with Crippen molar-refractivity contribution in [2.24, 2.45) is 5.10 Å². The summed E-state index contributed by atoms with van der Waals surface area (Å²) >= 11 is 0. The van der Waals surface area contributed by atoms with Crippen LogP contribution in [0.2, 0.25) is 0 Å². The van der Waals surface area contributed by atoms with E-state index in [2.05, 4.69) is 10.2 Å². The zero-order valence-corrected chi connectivity index (χ0v) is 14.8. The molecule has 0 atom stereocenters. The summed E-state index contributed by atoms with van der Waals surface area (Å²) in [7, 11) is 0. The summed E-state index contributed by atoms with van der Waals surface area (Å²) in [4.78, 5) is 22.9. The highest BCUT2D eigenvalue weighted by Gasteiger charge is 2.28. The van der Waals surface area contributed by atoms with Crippen molar-refractivity contribution < 1.29 is 14.1 Å². The molecule has 0 N–H and O–H groups in total. The molecule has 140 valence electrons. The molecule has 9 heteroatoms. The number of hydrogen-bond acceptors (Lipinski definition) is 6. The van der Waals surface area contributed by atoms with Gasteiger partial charge in [-0.3, -0.25) is 19.6 Å². The summed E-state index contributed by atoms with van der Waals surface area (Å²) in [6, 6.07) is 12.6.